The van der Waals surface area contributed by atoms with Gasteiger partial charge in [-0.2, -0.15) is 0 Å². The first kappa shape index (κ1) is 22.1. The van der Waals surface area contributed by atoms with Crippen molar-refractivity contribution in [2.24, 2.45) is 0 Å². The maximum Gasteiger partial charge on any atom is 0.241 e. The van der Waals surface area contributed by atoms with Crippen LogP contribution in [0.25, 0.3) is 0 Å². The number of para-hydroxylation sites is 1. The topological polar surface area (TPSA) is 55.9 Å². The molecule has 1 N–H and O–H groups in total. The van der Waals surface area contributed by atoms with Gasteiger partial charge in [0.05, 0.1) is 18.8 Å². The van der Waals surface area contributed by atoms with E-state index >= 15 is 0 Å². The first-order valence-corrected chi connectivity index (χ1v) is 11.6. The molecule has 0 bridgehead atoms. The summed E-state index contributed by atoms with van der Waals surface area (Å²) in [6, 6.07) is 8.46. The molecule has 0 saturated carbocycles. The zero-order chi connectivity index (χ0) is 20.8. The fourth-order valence-corrected chi connectivity index (χ4v) is 4.87. The molecule has 1 aromatic rings. The number of fused-ring (bicyclic) bond motifs is 1. The Kier molecular flexibility index (Phi) is 7.98. The number of rotatable bonds is 6. The standard InChI is InChI=1S/C22H34N4O2S/c1-4-17(2)23-21(27)15-24-11-13-25(14-12-24)16-22(28)26-10-9-18(3)29-20-8-6-5-7-19(20)26/h5-8,17-18H,4,9-16H2,1-3H3,(H,23,27)/t17-,18+/m1/s1. The lowest BCUT2D eigenvalue weighted by Crippen LogP contribution is -2.52. The predicted octanol–water partition coefficient (Wildman–Crippen LogP) is 2.44. The third kappa shape index (κ3) is 6.20. The van der Waals surface area contributed by atoms with E-state index < -0.39 is 0 Å². The summed E-state index contributed by atoms with van der Waals surface area (Å²) >= 11 is 1.86. The molecular weight excluding hydrogens is 384 g/mol. The summed E-state index contributed by atoms with van der Waals surface area (Å²) in [5, 5.41) is 3.54. The molecule has 0 radical (unpaired) electrons. The molecular formula is C22H34N4O2S. The van der Waals surface area contributed by atoms with E-state index in [4.69, 9.17) is 0 Å². The van der Waals surface area contributed by atoms with E-state index in [9.17, 15) is 9.59 Å². The number of piperazine rings is 1. The van der Waals surface area contributed by atoms with Crippen LogP contribution in [-0.4, -0.2) is 78.7 Å². The van der Waals surface area contributed by atoms with Crippen molar-refractivity contribution in [3.05, 3.63) is 24.3 Å². The van der Waals surface area contributed by atoms with Crippen LogP contribution in [0.15, 0.2) is 29.2 Å². The number of nitrogens with zero attached hydrogens (tertiary/aromatic N) is 3. The summed E-state index contributed by atoms with van der Waals surface area (Å²) in [7, 11) is 0. The molecule has 1 saturated heterocycles. The van der Waals surface area contributed by atoms with E-state index in [1.807, 2.05) is 35.7 Å². The predicted molar refractivity (Wildman–Crippen MR) is 120 cm³/mol. The summed E-state index contributed by atoms with van der Waals surface area (Å²) in [4.78, 5) is 32.8. The minimum Gasteiger partial charge on any atom is -0.353 e. The zero-order valence-corrected chi connectivity index (χ0v) is 18.7. The second-order valence-corrected chi connectivity index (χ2v) is 9.64. The summed E-state index contributed by atoms with van der Waals surface area (Å²) < 4.78 is 0. The maximum atomic E-state index is 13.1. The number of carbonyl (C=O) groups is 2. The zero-order valence-electron chi connectivity index (χ0n) is 17.9. The van der Waals surface area contributed by atoms with Gasteiger partial charge in [0.1, 0.15) is 0 Å². The Balaban J connectivity index is 1.50. The molecule has 2 amide bonds. The van der Waals surface area contributed by atoms with Crippen molar-refractivity contribution in [1.82, 2.24) is 15.1 Å². The van der Waals surface area contributed by atoms with Crippen molar-refractivity contribution < 1.29 is 9.59 Å². The number of benzene rings is 1. The summed E-state index contributed by atoms with van der Waals surface area (Å²) in [6.07, 6.45) is 1.95. The molecule has 6 nitrogen and oxygen atoms in total. The van der Waals surface area contributed by atoms with E-state index in [1.165, 1.54) is 4.90 Å². The van der Waals surface area contributed by atoms with E-state index in [-0.39, 0.29) is 17.9 Å². The van der Waals surface area contributed by atoms with Gasteiger partial charge in [0.2, 0.25) is 11.8 Å². The number of anilines is 1. The lowest BCUT2D eigenvalue weighted by atomic mass is 10.2. The number of carbonyl (C=O) groups excluding carboxylic acids is 2. The van der Waals surface area contributed by atoms with E-state index in [2.05, 4.69) is 41.1 Å². The van der Waals surface area contributed by atoms with Crippen LogP contribution in [0.2, 0.25) is 0 Å². The van der Waals surface area contributed by atoms with Gasteiger partial charge in [0.25, 0.3) is 0 Å². The van der Waals surface area contributed by atoms with Gasteiger partial charge < -0.3 is 10.2 Å². The van der Waals surface area contributed by atoms with E-state index in [1.54, 1.807) is 0 Å². The summed E-state index contributed by atoms with van der Waals surface area (Å²) in [5.74, 6) is 0.270. The Labute approximate surface area is 179 Å². The van der Waals surface area contributed by atoms with Crippen molar-refractivity contribution in [3.8, 4) is 0 Å². The van der Waals surface area contributed by atoms with Gasteiger partial charge in [-0.15, -0.1) is 11.8 Å². The van der Waals surface area contributed by atoms with E-state index in [0.29, 0.717) is 18.3 Å². The van der Waals surface area contributed by atoms with Crippen LogP contribution in [0.4, 0.5) is 5.69 Å². The third-order valence-corrected chi connectivity index (χ3v) is 6.99. The molecule has 160 valence electrons. The molecule has 29 heavy (non-hydrogen) atoms. The molecule has 2 aliphatic rings. The maximum absolute atomic E-state index is 13.1. The lowest BCUT2D eigenvalue weighted by Gasteiger charge is -2.35. The van der Waals surface area contributed by atoms with Crippen LogP contribution >= 0.6 is 11.8 Å². The Morgan fingerprint density at radius 3 is 2.45 bits per heavy atom. The van der Waals surface area contributed by atoms with E-state index in [0.717, 1.165) is 51.3 Å². The molecule has 2 aliphatic heterocycles. The molecule has 0 aliphatic carbocycles. The van der Waals surface area contributed by atoms with Crippen LogP contribution in [0.3, 0.4) is 0 Å². The molecule has 0 unspecified atom stereocenters. The van der Waals surface area contributed by atoms with Crippen molar-refractivity contribution >= 4 is 29.3 Å². The second kappa shape index (κ2) is 10.5. The van der Waals surface area contributed by atoms with Gasteiger partial charge in [-0.25, -0.2) is 0 Å². The largest absolute Gasteiger partial charge is 0.353 e. The van der Waals surface area contributed by atoms with Gasteiger partial charge in [0.15, 0.2) is 0 Å². The smallest absolute Gasteiger partial charge is 0.241 e. The number of amides is 2. The van der Waals surface area contributed by atoms with Gasteiger partial charge in [-0.05, 0) is 31.9 Å². The molecule has 7 heteroatoms. The second-order valence-electron chi connectivity index (χ2n) is 8.16. The summed E-state index contributed by atoms with van der Waals surface area (Å²) in [5.41, 5.74) is 1.05. The fraction of sp³-hybridized carbons (Fsp3) is 0.636. The minimum absolute atomic E-state index is 0.0941. The highest BCUT2D eigenvalue weighted by molar-refractivity contribution is 8.00. The first-order chi connectivity index (χ1) is 14.0. The van der Waals surface area contributed by atoms with Gasteiger partial charge in [-0.1, -0.05) is 26.0 Å². The average molecular weight is 419 g/mol. The number of hydrogen-bond acceptors (Lipinski definition) is 5. The van der Waals surface area contributed by atoms with Crippen molar-refractivity contribution in [2.75, 3.05) is 50.7 Å². The summed E-state index contributed by atoms with van der Waals surface area (Å²) in [6.45, 7) is 11.3. The number of thioether (sulfide) groups is 1. The molecule has 0 aromatic heterocycles. The highest BCUT2D eigenvalue weighted by Gasteiger charge is 2.27. The normalized spacial score (nSPS) is 21.9. The Hall–Kier alpha value is -1.57. The van der Waals surface area contributed by atoms with Crippen LogP contribution in [0, 0.1) is 0 Å². The van der Waals surface area contributed by atoms with Crippen molar-refractivity contribution in [1.29, 1.82) is 0 Å². The van der Waals surface area contributed by atoms with Crippen LogP contribution in [0.5, 0.6) is 0 Å². The SMILES string of the molecule is CC[C@@H](C)NC(=O)CN1CCN(CC(=O)N2CC[C@H](C)Sc3ccccc32)CC1. The Bertz CT molecular complexity index is 706. The Morgan fingerprint density at radius 1 is 1.10 bits per heavy atom. The lowest BCUT2D eigenvalue weighted by molar-refractivity contribution is -0.124. The minimum atomic E-state index is 0.0941. The molecule has 0 spiro atoms. The number of hydrogen-bond donors (Lipinski definition) is 1. The van der Waals surface area contributed by atoms with Gasteiger partial charge >= 0.3 is 0 Å². The van der Waals surface area contributed by atoms with Gasteiger partial charge in [0, 0.05) is 48.9 Å². The van der Waals surface area contributed by atoms with Crippen LogP contribution in [-0.2, 0) is 9.59 Å². The van der Waals surface area contributed by atoms with Crippen LogP contribution < -0.4 is 10.2 Å². The Morgan fingerprint density at radius 2 is 1.76 bits per heavy atom. The monoisotopic (exact) mass is 418 g/mol. The van der Waals surface area contributed by atoms with Crippen molar-refractivity contribution in [2.45, 2.75) is 49.8 Å². The average Bonchev–Trinajstić information content (AvgIpc) is 2.87. The highest BCUT2D eigenvalue weighted by Crippen LogP contribution is 2.37. The molecule has 2 atom stereocenters. The van der Waals surface area contributed by atoms with Crippen molar-refractivity contribution in [3.63, 3.8) is 0 Å². The molecule has 3 rings (SSSR count). The molecule has 2 heterocycles. The molecule has 1 fully saturated rings. The fourth-order valence-electron chi connectivity index (χ4n) is 3.75. The van der Waals surface area contributed by atoms with Crippen LogP contribution in [0.1, 0.15) is 33.6 Å². The number of nitrogens with one attached hydrogen (secondary N) is 1. The highest BCUT2D eigenvalue weighted by atomic mass is 32.2. The third-order valence-electron chi connectivity index (χ3n) is 5.76. The molecule has 1 aromatic carbocycles. The quantitative estimate of drug-likeness (QED) is 0.769. The first-order valence-electron chi connectivity index (χ1n) is 10.8. The van der Waals surface area contributed by atoms with Gasteiger partial charge in [-0.3, -0.25) is 19.4 Å².